The van der Waals surface area contributed by atoms with Gasteiger partial charge in [0.2, 0.25) is 5.78 Å². The van der Waals surface area contributed by atoms with Crippen LogP contribution in [0.25, 0.3) is 0 Å². The van der Waals surface area contributed by atoms with Crippen LogP contribution in [0.1, 0.15) is 98.3 Å². The number of hydrogen-bond acceptors (Lipinski definition) is 2. The van der Waals surface area contributed by atoms with Gasteiger partial charge in [0, 0.05) is 6.42 Å². The van der Waals surface area contributed by atoms with Gasteiger partial charge in [-0.3, -0.25) is 4.79 Å². The summed E-state index contributed by atoms with van der Waals surface area (Å²) in [6.07, 6.45) is 6.92. The van der Waals surface area contributed by atoms with Crippen LogP contribution in [0.3, 0.4) is 0 Å². The van der Waals surface area contributed by atoms with Gasteiger partial charge in [0.25, 0.3) is 0 Å². The summed E-state index contributed by atoms with van der Waals surface area (Å²) in [7, 11) is 0. The number of halogens is 3. The first-order valence-corrected chi connectivity index (χ1v) is 12.4. The van der Waals surface area contributed by atoms with E-state index in [1.807, 2.05) is 13.8 Å². The molecule has 0 aromatic carbocycles. The van der Waals surface area contributed by atoms with Gasteiger partial charge < -0.3 is 5.11 Å². The number of carbonyl (C=O) groups excluding carboxylic acids is 1. The molecule has 1 N–H and O–H groups in total. The molecule has 0 heterocycles. The normalized spacial score (nSPS) is 40.5. The number of Topliss-reactive ketones (excluding diaryl/α,β-unsaturated/α-hetero) is 1. The van der Waals surface area contributed by atoms with E-state index >= 15 is 0 Å². The van der Waals surface area contributed by atoms with Crippen LogP contribution >= 0.6 is 0 Å². The van der Waals surface area contributed by atoms with Gasteiger partial charge >= 0.3 is 6.18 Å². The zero-order chi connectivity index (χ0) is 23.0. The van der Waals surface area contributed by atoms with Crippen molar-refractivity contribution in [3.05, 3.63) is 11.6 Å². The number of aliphatic hydroxyl groups is 1. The minimum atomic E-state index is -4.70. The molecule has 178 valence electrons. The molecule has 0 aromatic heterocycles. The van der Waals surface area contributed by atoms with E-state index in [2.05, 4.69) is 19.9 Å². The van der Waals surface area contributed by atoms with Gasteiger partial charge in [-0.15, -0.1) is 0 Å². The van der Waals surface area contributed by atoms with Crippen molar-refractivity contribution in [2.24, 2.45) is 35.0 Å². The van der Waals surface area contributed by atoms with Crippen LogP contribution in [0, 0.1) is 35.0 Å². The standard InChI is InChI=1S/C26H41F3O2/c1-17(9-13-23(30)26(27,28)29)19-6-5-7-22-21(18(2)8-10-19)12-11-20-16-24(3,31)14-15-25(20,22)4/h11,17-19,21-22,31H,5-10,12-16H2,1-4H3. The summed E-state index contributed by atoms with van der Waals surface area (Å²) in [5, 5.41) is 10.6. The van der Waals surface area contributed by atoms with Gasteiger partial charge in [0.05, 0.1) is 5.60 Å². The van der Waals surface area contributed by atoms with Crippen molar-refractivity contribution in [3.8, 4) is 0 Å². The summed E-state index contributed by atoms with van der Waals surface area (Å²) < 4.78 is 37.8. The van der Waals surface area contributed by atoms with Crippen molar-refractivity contribution in [2.45, 2.75) is 110 Å². The van der Waals surface area contributed by atoms with E-state index in [4.69, 9.17) is 0 Å². The fraction of sp³-hybridized carbons (Fsp3) is 0.885. The highest BCUT2D eigenvalue weighted by Gasteiger charge is 2.50. The number of allylic oxidation sites excluding steroid dienone is 1. The first-order valence-electron chi connectivity index (χ1n) is 12.4. The Morgan fingerprint density at radius 3 is 2.58 bits per heavy atom. The first-order chi connectivity index (χ1) is 14.3. The average molecular weight is 443 g/mol. The Morgan fingerprint density at radius 2 is 1.90 bits per heavy atom. The summed E-state index contributed by atoms with van der Waals surface area (Å²) in [5.41, 5.74) is 1.03. The van der Waals surface area contributed by atoms with E-state index < -0.39 is 17.6 Å². The molecule has 0 aromatic rings. The van der Waals surface area contributed by atoms with Crippen LogP contribution in [0.2, 0.25) is 0 Å². The second kappa shape index (κ2) is 9.19. The lowest BCUT2D eigenvalue weighted by molar-refractivity contribution is -0.171. The van der Waals surface area contributed by atoms with E-state index in [9.17, 15) is 23.1 Å². The Bertz CT molecular complexity index is 681. The summed E-state index contributed by atoms with van der Waals surface area (Å²) >= 11 is 0. The number of ketones is 1. The second-order valence-corrected chi connectivity index (χ2v) is 11.5. The Hall–Kier alpha value is -0.840. The molecule has 3 rings (SSSR count). The zero-order valence-corrected chi connectivity index (χ0v) is 19.7. The minimum Gasteiger partial charge on any atom is -0.390 e. The van der Waals surface area contributed by atoms with Gasteiger partial charge in [0.15, 0.2) is 0 Å². The van der Waals surface area contributed by atoms with Crippen LogP contribution in [-0.4, -0.2) is 22.7 Å². The number of fused-ring (bicyclic) bond motifs is 3. The van der Waals surface area contributed by atoms with E-state index in [0.717, 1.165) is 57.8 Å². The molecule has 0 bridgehead atoms. The molecular formula is C26H41F3O2. The molecule has 5 heteroatoms. The van der Waals surface area contributed by atoms with Gasteiger partial charge in [-0.2, -0.15) is 13.2 Å². The molecule has 0 saturated heterocycles. The third kappa shape index (κ3) is 5.57. The summed E-state index contributed by atoms with van der Waals surface area (Å²) in [4.78, 5) is 11.3. The van der Waals surface area contributed by atoms with E-state index in [1.165, 1.54) is 5.57 Å². The lowest BCUT2D eigenvalue weighted by Gasteiger charge is -2.53. The molecule has 2 saturated carbocycles. The van der Waals surface area contributed by atoms with Crippen molar-refractivity contribution >= 4 is 5.78 Å². The molecule has 0 radical (unpaired) electrons. The van der Waals surface area contributed by atoms with Gasteiger partial charge in [-0.05, 0) is 86.9 Å². The van der Waals surface area contributed by atoms with Gasteiger partial charge in [-0.25, -0.2) is 0 Å². The molecule has 0 aliphatic heterocycles. The van der Waals surface area contributed by atoms with Crippen molar-refractivity contribution in [1.29, 1.82) is 0 Å². The molecule has 2 fully saturated rings. The van der Waals surface area contributed by atoms with Crippen molar-refractivity contribution < 1.29 is 23.1 Å². The molecule has 2 nitrogen and oxygen atoms in total. The van der Waals surface area contributed by atoms with E-state index in [-0.39, 0.29) is 17.8 Å². The fourth-order valence-corrected chi connectivity index (χ4v) is 6.94. The maximum absolute atomic E-state index is 12.6. The largest absolute Gasteiger partial charge is 0.449 e. The molecule has 3 aliphatic carbocycles. The van der Waals surface area contributed by atoms with E-state index in [1.54, 1.807) is 0 Å². The molecule has 3 aliphatic rings. The summed E-state index contributed by atoms with van der Waals surface area (Å²) in [6, 6.07) is 0. The predicted octanol–water partition coefficient (Wildman–Crippen LogP) is 7.25. The molecule has 31 heavy (non-hydrogen) atoms. The number of carbonyl (C=O) groups is 1. The maximum atomic E-state index is 12.6. The molecule has 7 atom stereocenters. The highest BCUT2D eigenvalue weighted by molar-refractivity contribution is 5.83. The van der Waals surface area contributed by atoms with E-state index in [0.29, 0.717) is 30.1 Å². The second-order valence-electron chi connectivity index (χ2n) is 11.5. The maximum Gasteiger partial charge on any atom is 0.449 e. The summed E-state index contributed by atoms with van der Waals surface area (Å²) in [6.45, 7) is 8.77. The highest BCUT2D eigenvalue weighted by Crippen LogP contribution is 2.58. The molecule has 0 spiro atoms. The average Bonchev–Trinajstić information content (AvgIpc) is 2.75. The monoisotopic (exact) mass is 442 g/mol. The van der Waals surface area contributed by atoms with Crippen LogP contribution in [0.4, 0.5) is 13.2 Å². The summed E-state index contributed by atoms with van der Waals surface area (Å²) in [5.74, 6) is 0.828. The predicted molar refractivity (Wildman–Crippen MR) is 117 cm³/mol. The lowest BCUT2D eigenvalue weighted by atomic mass is 9.52. The van der Waals surface area contributed by atoms with Crippen LogP contribution in [-0.2, 0) is 4.79 Å². The van der Waals surface area contributed by atoms with Gasteiger partial charge in [0.1, 0.15) is 0 Å². The van der Waals surface area contributed by atoms with Crippen LogP contribution in [0.15, 0.2) is 11.6 Å². The first kappa shape index (κ1) is 24.8. The molecule has 0 amide bonds. The number of rotatable bonds is 4. The fourth-order valence-electron chi connectivity index (χ4n) is 6.94. The number of alkyl halides is 3. The minimum absolute atomic E-state index is 0.146. The lowest BCUT2D eigenvalue weighted by Crippen LogP contribution is -2.46. The quantitative estimate of drug-likeness (QED) is 0.465. The van der Waals surface area contributed by atoms with Crippen LogP contribution < -0.4 is 0 Å². The van der Waals surface area contributed by atoms with Gasteiger partial charge in [-0.1, -0.05) is 51.7 Å². The Labute approximate surface area is 186 Å². The molecule has 7 unspecified atom stereocenters. The Kier molecular flexibility index (Phi) is 7.35. The van der Waals surface area contributed by atoms with Crippen molar-refractivity contribution in [1.82, 2.24) is 0 Å². The molecular weight excluding hydrogens is 401 g/mol. The Balaban J connectivity index is 1.67. The van der Waals surface area contributed by atoms with Crippen molar-refractivity contribution in [3.63, 3.8) is 0 Å². The highest BCUT2D eigenvalue weighted by atomic mass is 19.4. The van der Waals surface area contributed by atoms with Crippen LogP contribution in [0.5, 0.6) is 0 Å². The zero-order valence-electron chi connectivity index (χ0n) is 19.7. The number of hydrogen-bond donors (Lipinski definition) is 1. The van der Waals surface area contributed by atoms with Crippen molar-refractivity contribution in [2.75, 3.05) is 0 Å². The topological polar surface area (TPSA) is 37.3 Å². The Morgan fingerprint density at radius 1 is 1.19 bits per heavy atom. The smallest absolute Gasteiger partial charge is 0.390 e. The third-order valence-corrected chi connectivity index (χ3v) is 9.22. The third-order valence-electron chi connectivity index (χ3n) is 9.22. The SMILES string of the molecule is CC(CCC(=O)C(F)(F)F)C1CCCC2C(CC=C3CC(C)(O)CCC32C)C(C)CC1.